The van der Waals surface area contributed by atoms with Crippen LogP contribution < -0.4 is 0 Å². The summed E-state index contributed by atoms with van der Waals surface area (Å²) >= 11 is 0. The van der Waals surface area contributed by atoms with Crippen LogP contribution in [-0.2, 0) is 6.54 Å². The number of aromatic nitrogens is 3. The van der Waals surface area contributed by atoms with E-state index in [9.17, 15) is 4.79 Å². The van der Waals surface area contributed by atoms with Gasteiger partial charge in [-0.2, -0.15) is 0 Å². The zero-order valence-corrected chi connectivity index (χ0v) is 15.5. The topological polar surface area (TPSA) is 54.3 Å². The van der Waals surface area contributed by atoms with Gasteiger partial charge in [-0.3, -0.25) is 4.79 Å². The molecular weight excluding hydrogens is 314 g/mol. The molecule has 0 bridgehead atoms. The van der Waals surface area contributed by atoms with Crippen molar-refractivity contribution in [3.63, 3.8) is 0 Å². The predicted molar refractivity (Wildman–Crippen MR) is 97.3 cm³/mol. The molecule has 1 aliphatic carbocycles. The molecule has 2 fully saturated rings. The van der Waals surface area contributed by atoms with Gasteiger partial charge in [0, 0.05) is 32.4 Å². The Labute approximate surface area is 148 Å². The van der Waals surface area contributed by atoms with E-state index in [4.69, 9.17) is 0 Å². The molecule has 1 saturated heterocycles. The molecule has 2 aliphatic rings. The number of rotatable bonds is 5. The lowest BCUT2D eigenvalue weighted by molar-refractivity contribution is 0.0765. The summed E-state index contributed by atoms with van der Waals surface area (Å²) in [5, 5.41) is 0. The van der Waals surface area contributed by atoms with Gasteiger partial charge in [0.2, 0.25) is 0 Å². The standard InChI is InChI=1S/C19H27N5O/c1-12(2)7-24-11-21-17-5-13(6-20-18(17)24)19(25)23-9-15-14(8-22(3)4)16(15)10-23/h5-6,11-12,14-16H,7-10H2,1-4H3/t14?,15-,16+. The number of carbonyl (C=O) groups excluding carboxylic acids is 1. The number of piperidine rings is 1. The quantitative estimate of drug-likeness (QED) is 0.834. The van der Waals surface area contributed by atoms with E-state index in [2.05, 4.69) is 47.4 Å². The highest BCUT2D eigenvalue weighted by atomic mass is 16.2. The Kier molecular flexibility index (Phi) is 4.02. The molecule has 0 radical (unpaired) electrons. The van der Waals surface area contributed by atoms with Crippen molar-refractivity contribution in [2.24, 2.45) is 23.7 Å². The highest BCUT2D eigenvalue weighted by molar-refractivity contribution is 5.96. The second-order valence-electron chi connectivity index (χ2n) is 8.32. The normalized spacial score (nSPS) is 25.2. The Bertz CT molecular complexity index is 784. The summed E-state index contributed by atoms with van der Waals surface area (Å²) in [6.45, 7) is 8.15. The number of imidazole rings is 1. The predicted octanol–water partition coefficient (Wildman–Crippen LogP) is 1.97. The van der Waals surface area contributed by atoms with Gasteiger partial charge in [0.05, 0.1) is 11.9 Å². The molecule has 3 atom stereocenters. The van der Waals surface area contributed by atoms with Gasteiger partial charge in [-0.1, -0.05) is 13.8 Å². The van der Waals surface area contributed by atoms with Crippen LogP contribution in [0.1, 0.15) is 24.2 Å². The molecule has 0 spiro atoms. The maximum Gasteiger partial charge on any atom is 0.255 e. The summed E-state index contributed by atoms with van der Waals surface area (Å²) in [4.78, 5) is 26.0. The average Bonchev–Trinajstić information content (AvgIpc) is 2.93. The number of fused-ring (bicyclic) bond motifs is 2. The van der Waals surface area contributed by atoms with Crippen molar-refractivity contribution in [1.82, 2.24) is 24.3 Å². The first-order valence-electron chi connectivity index (χ1n) is 9.19. The van der Waals surface area contributed by atoms with Crippen LogP contribution in [0.2, 0.25) is 0 Å². The van der Waals surface area contributed by atoms with E-state index in [1.54, 1.807) is 6.20 Å². The van der Waals surface area contributed by atoms with E-state index in [1.165, 1.54) is 0 Å². The van der Waals surface area contributed by atoms with Crippen LogP contribution in [0.25, 0.3) is 11.2 Å². The number of hydrogen-bond acceptors (Lipinski definition) is 4. The lowest BCUT2D eigenvalue weighted by atomic mass is 10.2. The molecule has 2 aromatic heterocycles. The highest BCUT2D eigenvalue weighted by Crippen LogP contribution is 2.52. The van der Waals surface area contributed by atoms with Crippen molar-refractivity contribution < 1.29 is 4.79 Å². The van der Waals surface area contributed by atoms with E-state index in [-0.39, 0.29) is 5.91 Å². The molecule has 25 heavy (non-hydrogen) atoms. The fourth-order valence-electron chi connectivity index (χ4n) is 4.28. The summed E-state index contributed by atoms with van der Waals surface area (Å²) < 4.78 is 2.06. The van der Waals surface area contributed by atoms with Gasteiger partial charge in [0.25, 0.3) is 5.91 Å². The number of nitrogens with zero attached hydrogens (tertiary/aromatic N) is 5. The molecule has 0 aromatic carbocycles. The smallest absolute Gasteiger partial charge is 0.255 e. The van der Waals surface area contributed by atoms with Crippen molar-refractivity contribution in [3.05, 3.63) is 24.2 Å². The second-order valence-corrected chi connectivity index (χ2v) is 8.32. The molecule has 1 saturated carbocycles. The molecule has 0 N–H and O–H groups in total. The Hall–Kier alpha value is -1.95. The lowest BCUT2D eigenvalue weighted by Crippen LogP contribution is -2.33. The Balaban J connectivity index is 1.45. The van der Waals surface area contributed by atoms with Crippen LogP contribution in [0.15, 0.2) is 18.6 Å². The molecular formula is C19H27N5O. The van der Waals surface area contributed by atoms with E-state index in [1.807, 2.05) is 17.3 Å². The number of hydrogen-bond donors (Lipinski definition) is 0. The second kappa shape index (κ2) is 6.09. The molecule has 6 heteroatoms. The maximum atomic E-state index is 12.8. The van der Waals surface area contributed by atoms with Crippen LogP contribution in [0.4, 0.5) is 0 Å². The van der Waals surface area contributed by atoms with Crippen molar-refractivity contribution in [1.29, 1.82) is 0 Å². The third-order valence-electron chi connectivity index (χ3n) is 5.50. The summed E-state index contributed by atoms with van der Waals surface area (Å²) in [6.07, 6.45) is 3.53. The van der Waals surface area contributed by atoms with Crippen molar-refractivity contribution in [2.75, 3.05) is 33.7 Å². The molecule has 1 aliphatic heterocycles. The minimum atomic E-state index is 0.101. The van der Waals surface area contributed by atoms with E-state index < -0.39 is 0 Å². The molecule has 134 valence electrons. The first kappa shape index (κ1) is 16.5. The first-order valence-corrected chi connectivity index (χ1v) is 9.19. The molecule has 1 unspecified atom stereocenters. The van der Waals surface area contributed by atoms with Crippen LogP contribution in [-0.4, -0.2) is 64.0 Å². The molecule has 6 nitrogen and oxygen atoms in total. The zero-order valence-electron chi connectivity index (χ0n) is 15.5. The van der Waals surface area contributed by atoms with Gasteiger partial charge in [0.15, 0.2) is 5.65 Å². The third-order valence-corrected chi connectivity index (χ3v) is 5.50. The average molecular weight is 341 g/mol. The van der Waals surface area contributed by atoms with Crippen molar-refractivity contribution >= 4 is 17.1 Å². The Morgan fingerprint density at radius 1 is 1.28 bits per heavy atom. The maximum absolute atomic E-state index is 12.8. The number of likely N-dealkylation sites (tertiary alicyclic amines) is 1. The van der Waals surface area contributed by atoms with Gasteiger partial charge >= 0.3 is 0 Å². The fraction of sp³-hybridized carbons (Fsp3) is 0.632. The highest BCUT2D eigenvalue weighted by Gasteiger charge is 2.56. The minimum Gasteiger partial charge on any atom is -0.338 e. The zero-order chi connectivity index (χ0) is 17.7. The van der Waals surface area contributed by atoms with E-state index >= 15 is 0 Å². The third kappa shape index (κ3) is 3.03. The van der Waals surface area contributed by atoms with Gasteiger partial charge in [-0.25, -0.2) is 9.97 Å². The number of amides is 1. The molecule has 3 heterocycles. The molecule has 2 aromatic rings. The van der Waals surface area contributed by atoms with Gasteiger partial charge in [-0.15, -0.1) is 0 Å². The molecule has 4 rings (SSSR count). The van der Waals surface area contributed by atoms with Crippen molar-refractivity contribution in [2.45, 2.75) is 20.4 Å². The monoisotopic (exact) mass is 341 g/mol. The lowest BCUT2D eigenvalue weighted by Gasteiger charge is -2.21. The Morgan fingerprint density at radius 2 is 2.00 bits per heavy atom. The van der Waals surface area contributed by atoms with Crippen molar-refractivity contribution in [3.8, 4) is 0 Å². The van der Waals surface area contributed by atoms with E-state index in [0.29, 0.717) is 23.3 Å². The van der Waals surface area contributed by atoms with Gasteiger partial charge in [-0.05, 0) is 43.8 Å². The largest absolute Gasteiger partial charge is 0.338 e. The van der Waals surface area contributed by atoms with E-state index in [0.717, 1.165) is 43.3 Å². The van der Waals surface area contributed by atoms with Crippen LogP contribution in [0.5, 0.6) is 0 Å². The van der Waals surface area contributed by atoms with Gasteiger partial charge in [0.1, 0.15) is 5.52 Å². The van der Waals surface area contributed by atoms with Crippen LogP contribution in [0.3, 0.4) is 0 Å². The van der Waals surface area contributed by atoms with Crippen LogP contribution >= 0.6 is 0 Å². The summed E-state index contributed by atoms with van der Waals surface area (Å²) in [7, 11) is 4.24. The minimum absolute atomic E-state index is 0.101. The molecule has 1 amide bonds. The summed E-state index contributed by atoms with van der Waals surface area (Å²) in [6, 6.07) is 1.89. The Morgan fingerprint density at radius 3 is 2.64 bits per heavy atom. The van der Waals surface area contributed by atoms with Crippen LogP contribution in [0, 0.1) is 23.7 Å². The summed E-state index contributed by atoms with van der Waals surface area (Å²) in [5.41, 5.74) is 2.33. The SMILES string of the molecule is CC(C)Cn1cnc2cc(C(=O)N3C[C@@H]4C(CN(C)C)[C@@H]4C3)cnc21. The van der Waals surface area contributed by atoms with Gasteiger partial charge < -0.3 is 14.4 Å². The fourth-order valence-corrected chi connectivity index (χ4v) is 4.28. The first-order chi connectivity index (χ1) is 11.9. The number of carbonyl (C=O) groups is 1. The summed E-state index contributed by atoms with van der Waals surface area (Å²) in [5.74, 6) is 2.78. The number of pyridine rings is 1.